The van der Waals surface area contributed by atoms with Crippen molar-refractivity contribution in [2.24, 2.45) is 7.05 Å². The number of hydrogen-bond acceptors (Lipinski definition) is 4. The number of benzene rings is 1. The molecule has 0 aliphatic rings. The summed E-state index contributed by atoms with van der Waals surface area (Å²) in [6, 6.07) is 4.54. The molecular formula is C11H9FN4S. The Labute approximate surface area is 101 Å². The molecule has 0 unspecified atom stereocenters. The maximum Gasteiger partial charge on any atom is 0.131 e. The molecule has 3 rings (SSSR count). The Morgan fingerprint density at radius 2 is 2.24 bits per heavy atom. The number of nitrogens with two attached hydrogens (primary N) is 1. The Hall–Kier alpha value is -1.95. The second kappa shape index (κ2) is 3.53. The fourth-order valence-corrected chi connectivity index (χ4v) is 2.63. The van der Waals surface area contributed by atoms with Gasteiger partial charge in [0.05, 0.1) is 22.0 Å². The number of nitrogens with zero attached hydrogens (tertiary/aromatic N) is 3. The Balaban J connectivity index is 2.21. The number of thiazole rings is 1. The van der Waals surface area contributed by atoms with E-state index in [1.54, 1.807) is 24.0 Å². The van der Waals surface area contributed by atoms with Crippen LogP contribution in [0.15, 0.2) is 24.4 Å². The molecule has 2 N–H and O–H groups in total. The van der Waals surface area contributed by atoms with E-state index in [0.717, 1.165) is 20.8 Å². The van der Waals surface area contributed by atoms with Crippen LogP contribution < -0.4 is 5.73 Å². The van der Waals surface area contributed by atoms with E-state index in [4.69, 9.17) is 5.73 Å². The van der Waals surface area contributed by atoms with Gasteiger partial charge in [-0.05, 0) is 18.2 Å². The van der Waals surface area contributed by atoms with E-state index in [1.807, 2.05) is 0 Å². The highest BCUT2D eigenvalue weighted by Gasteiger charge is 2.12. The van der Waals surface area contributed by atoms with Crippen molar-refractivity contribution in [2.75, 3.05) is 5.73 Å². The number of aryl methyl sites for hydroxylation is 1. The third-order valence-electron chi connectivity index (χ3n) is 2.57. The number of hydrogen-bond donors (Lipinski definition) is 1. The summed E-state index contributed by atoms with van der Waals surface area (Å²) in [5.41, 5.74) is 7.44. The van der Waals surface area contributed by atoms with E-state index in [2.05, 4.69) is 10.1 Å². The van der Waals surface area contributed by atoms with Gasteiger partial charge in [-0.3, -0.25) is 4.68 Å². The van der Waals surface area contributed by atoms with Gasteiger partial charge < -0.3 is 5.73 Å². The van der Waals surface area contributed by atoms with Crippen LogP contribution in [0.4, 0.5) is 10.2 Å². The molecule has 3 aromatic rings. The maximum absolute atomic E-state index is 13.1. The highest BCUT2D eigenvalue weighted by Crippen LogP contribution is 2.33. The first-order valence-electron chi connectivity index (χ1n) is 4.99. The summed E-state index contributed by atoms with van der Waals surface area (Å²) in [6.07, 6.45) is 1.67. The van der Waals surface area contributed by atoms with Crippen molar-refractivity contribution in [3.63, 3.8) is 0 Å². The second-order valence-electron chi connectivity index (χ2n) is 3.70. The molecule has 0 bridgehead atoms. The first-order valence-corrected chi connectivity index (χ1v) is 5.81. The summed E-state index contributed by atoms with van der Waals surface area (Å²) >= 11 is 1.41. The van der Waals surface area contributed by atoms with E-state index in [9.17, 15) is 4.39 Å². The monoisotopic (exact) mass is 248 g/mol. The minimum absolute atomic E-state index is 0.258. The van der Waals surface area contributed by atoms with Crippen molar-refractivity contribution >= 4 is 27.4 Å². The standard InChI is InChI=1S/C11H9FN4S/c1-16-10(13)7(5-14-16)11-15-8-3-2-6(12)4-9(8)17-11/h2-5H,13H2,1H3. The van der Waals surface area contributed by atoms with E-state index in [-0.39, 0.29) is 5.82 Å². The van der Waals surface area contributed by atoms with Gasteiger partial charge in [0.2, 0.25) is 0 Å². The molecule has 0 fully saturated rings. The van der Waals surface area contributed by atoms with Gasteiger partial charge in [0.15, 0.2) is 0 Å². The molecule has 0 saturated heterocycles. The van der Waals surface area contributed by atoms with Gasteiger partial charge in [-0.25, -0.2) is 9.37 Å². The number of halogens is 1. The highest BCUT2D eigenvalue weighted by molar-refractivity contribution is 7.21. The Kier molecular flexibility index (Phi) is 2.12. The molecule has 86 valence electrons. The van der Waals surface area contributed by atoms with Crippen LogP contribution >= 0.6 is 11.3 Å². The number of aromatic nitrogens is 3. The molecule has 0 atom stereocenters. The first kappa shape index (κ1) is 10.2. The van der Waals surface area contributed by atoms with Crippen molar-refractivity contribution in [3.8, 4) is 10.6 Å². The van der Waals surface area contributed by atoms with Crippen LogP contribution in [-0.4, -0.2) is 14.8 Å². The summed E-state index contributed by atoms with van der Waals surface area (Å²) in [7, 11) is 1.77. The zero-order chi connectivity index (χ0) is 12.0. The molecule has 2 aromatic heterocycles. The topological polar surface area (TPSA) is 56.7 Å². The minimum atomic E-state index is -0.258. The zero-order valence-electron chi connectivity index (χ0n) is 9.01. The molecular weight excluding hydrogens is 239 g/mol. The van der Waals surface area contributed by atoms with Gasteiger partial charge in [0, 0.05) is 7.05 Å². The van der Waals surface area contributed by atoms with E-state index < -0.39 is 0 Å². The van der Waals surface area contributed by atoms with Crippen LogP contribution in [0.3, 0.4) is 0 Å². The number of anilines is 1. The van der Waals surface area contributed by atoms with Crippen LogP contribution in [0.1, 0.15) is 0 Å². The minimum Gasteiger partial charge on any atom is -0.383 e. The number of nitrogen functional groups attached to an aromatic ring is 1. The van der Waals surface area contributed by atoms with Crippen LogP contribution in [-0.2, 0) is 7.05 Å². The predicted molar refractivity (Wildman–Crippen MR) is 66.2 cm³/mol. The molecule has 0 aliphatic carbocycles. The van der Waals surface area contributed by atoms with Crippen molar-refractivity contribution in [1.29, 1.82) is 0 Å². The lowest BCUT2D eigenvalue weighted by atomic mass is 10.3. The Morgan fingerprint density at radius 1 is 1.41 bits per heavy atom. The fraction of sp³-hybridized carbons (Fsp3) is 0.0909. The third kappa shape index (κ3) is 1.57. The van der Waals surface area contributed by atoms with Crippen LogP contribution in [0, 0.1) is 5.82 Å². The first-order chi connectivity index (χ1) is 8.15. The summed E-state index contributed by atoms with van der Waals surface area (Å²) in [6.45, 7) is 0. The highest BCUT2D eigenvalue weighted by atomic mass is 32.1. The molecule has 0 aliphatic heterocycles. The maximum atomic E-state index is 13.1. The zero-order valence-corrected chi connectivity index (χ0v) is 9.83. The van der Waals surface area contributed by atoms with Gasteiger partial charge in [0.25, 0.3) is 0 Å². The summed E-state index contributed by atoms with van der Waals surface area (Å²) in [5, 5.41) is 4.82. The second-order valence-corrected chi connectivity index (χ2v) is 4.73. The van der Waals surface area contributed by atoms with E-state index in [1.165, 1.54) is 23.5 Å². The average Bonchev–Trinajstić information content (AvgIpc) is 2.83. The molecule has 0 saturated carbocycles. The van der Waals surface area contributed by atoms with E-state index >= 15 is 0 Å². The van der Waals surface area contributed by atoms with Crippen LogP contribution in [0.2, 0.25) is 0 Å². The predicted octanol–water partition coefficient (Wildman–Crippen LogP) is 2.42. The molecule has 2 heterocycles. The largest absolute Gasteiger partial charge is 0.383 e. The summed E-state index contributed by atoms with van der Waals surface area (Å²) in [5.74, 6) is 0.302. The molecule has 1 aromatic carbocycles. The normalized spacial score (nSPS) is 11.2. The summed E-state index contributed by atoms with van der Waals surface area (Å²) in [4.78, 5) is 4.42. The molecule has 17 heavy (non-hydrogen) atoms. The Morgan fingerprint density at radius 3 is 2.94 bits per heavy atom. The SMILES string of the molecule is Cn1ncc(-c2nc3ccc(F)cc3s2)c1N. The number of fused-ring (bicyclic) bond motifs is 1. The van der Waals surface area contributed by atoms with Gasteiger partial charge in [-0.1, -0.05) is 0 Å². The van der Waals surface area contributed by atoms with E-state index in [0.29, 0.717) is 5.82 Å². The van der Waals surface area contributed by atoms with Crippen molar-refractivity contribution < 1.29 is 4.39 Å². The molecule has 6 heteroatoms. The lowest BCUT2D eigenvalue weighted by Crippen LogP contribution is -1.97. The summed E-state index contributed by atoms with van der Waals surface area (Å²) < 4.78 is 15.5. The lowest BCUT2D eigenvalue weighted by Gasteiger charge is -1.94. The molecule has 0 amide bonds. The number of rotatable bonds is 1. The van der Waals surface area contributed by atoms with Gasteiger partial charge >= 0.3 is 0 Å². The fourth-order valence-electron chi connectivity index (χ4n) is 1.63. The molecule has 4 nitrogen and oxygen atoms in total. The average molecular weight is 248 g/mol. The van der Waals surface area contributed by atoms with Crippen molar-refractivity contribution in [2.45, 2.75) is 0 Å². The Bertz CT molecular complexity index is 701. The van der Waals surface area contributed by atoms with Gasteiger partial charge in [-0.15, -0.1) is 11.3 Å². The lowest BCUT2D eigenvalue weighted by molar-refractivity contribution is 0.630. The van der Waals surface area contributed by atoms with Crippen molar-refractivity contribution in [3.05, 3.63) is 30.2 Å². The van der Waals surface area contributed by atoms with Crippen LogP contribution in [0.25, 0.3) is 20.8 Å². The van der Waals surface area contributed by atoms with Crippen LogP contribution in [0.5, 0.6) is 0 Å². The molecule has 0 spiro atoms. The van der Waals surface area contributed by atoms with Crippen molar-refractivity contribution in [1.82, 2.24) is 14.8 Å². The quantitative estimate of drug-likeness (QED) is 0.719. The third-order valence-corrected chi connectivity index (χ3v) is 3.62. The molecule has 0 radical (unpaired) electrons. The smallest absolute Gasteiger partial charge is 0.131 e. The van der Waals surface area contributed by atoms with Gasteiger partial charge in [0.1, 0.15) is 16.6 Å². The van der Waals surface area contributed by atoms with Gasteiger partial charge in [-0.2, -0.15) is 5.10 Å².